The molecule has 16 heavy (non-hydrogen) atoms. The van der Waals surface area contributed by atoms with Crippen LogP contribution in [0.15, 0.2) is 0 Å². The van der Waals surface area contributed by atoms with Crippen LogP contribution in [-0.2, 0) is 9.59 Å². The Morgan fingerprint density at radius 2 is 2.25 bits per heavy atom. The Labute approximate surface area is 95.8 Å². The van der Waals surface area contributed by atoms with Gasteiger partial charge in [0.2, 0.25) is 5.91 Å². The Bertz CT molecular complexity index is 268. The standard InChI is InChI=1S/C11H20N2O3/c1-8(5-10(14)15)6-12-11(16)9-3-4-13(2)7-9/h8-9H,3-7H2,1-2H3,(H,12,16)(H,14,15). The fraction of sp³-hybridized carbons (Fsp3) is 0.818. The van der Waals surface area contributed by atoms with Crippen molar-refractivity contribution >= 4 is 11.9 Å². The molecule has 1 aliphatic heterocycles. The second kappa shape index (κ2) is 5.84. The van der Waals surface area contributed by atoms with Crippen LogP contribution in [0.1, 0.15) is 19.8 Å². The van der Waals surface area contributed by atoms with Crippen LogP contribution in [0.5, 0.6) is 0 Å². The minimum atomic E-state index is -0.817. The molecule has 1 rings (SSSR count). The van der Waals surface area contributed by atoms with E-state index >= 15 is 0 Å². The minimum Gasteiger partial charge on any atom is -0.481 e. The van der Waals surface area contributed by atoms with E-state index in [1.54, 1.807) is 0 Å². The van der Waals surface area contributed by atoms with Crippen molar-refractivity contribution in [3.63, 3.8) is 0 Å². The molecule has 0 aliphatic carbocycles. The molecule has 5 heteroatoms. The molecule has 2 unspecified atom stereocenters. The van der Waals surface area contributed by atoms with Gasteiger partial charge in [0.05, 0.1) is 5.92 Å². The number of carbonyl (C=O) groups excluding carboxylic acids is 1. The zero-order valence-corrected chi connectivity index (χ0v) is 9.90. The smallest absolute Gasteiger partial charge is 0.303 e. The van der Waals surface area contributed by atoms with E-state index in [-0.39, 0.29) is 24.2 Å². The monoisotopic (exact) mass is 228 g/mol. The van der Waals surface area contributed by atoms with Crippen molar-refractivity contribution in [1.82, 2.24) is 10.2 Å². The van der Waals surface area contributed by atoms with E-state index in [2.05, 4.69) is 10.2 Å². The third-order valence-corrected chi connectivity index (χ3v) is 2.91. The second-order valence-electron chi connectivity index (χ2n) is 4.70. The summed E-state index contributed by atoms with van der Waals surface area (Å²) >= 11 is 0. The molecule has 1 heterocycles. The first kappa shape index (κ1) is 13.0. The quantitative estimate of drug-likeness (QED) is 0.703. The SMILES string of the molecule is CC(CNC(=O)C1CCN(C)C1)CC(=O)O. The maximum absolute atomic E-state index is 11.7. The van der Waals surface area contributed by atoms with Gasteiger partial charge >= 0.3 is 5.97 Å². The van der Waals surface area contributed by atoms with Gasteiger partial charge in [0.25, 0.3) is 0 Å². The number of nitrogens with zero attached hydrogens (tertiary/aromatic N) is 1. The third kappa shape index (κ3) is 4.18. The number of hydrogen-bond acceptors (Lipinski definition) is 3. The topological polar surface area (TPSA) is 69.6 Å². The Hall–Kier alpha value is -1.10. The van der Waals surface area contributed by atoms with Crippen molar-refractivity contribution in [2.45, 2.75) is 19.8 Å². The van der Waals surface area contributed by atoms with Crippen molar-refractivity contribution in [3.05, 3.63) is 0 Å². The van der Waals surface area contributed by atoms with E-state index in [0.29, 0.717) is 6.54 Å². The molecule has 2 N–H and O–H groups in total. The zero-order chi connectivity index (χ0) is 12.1. The van der Waals surface area contributed by atoms with Gasteiger partial charge in [0.15, 0.2) is 0 Å². The first-order chi connectivity index (χ1) is 7.49. The van der Waals surface area contributed by atoms with Crippen LogP contribution in [0.3, 0.4) is 0 Å². The van der Waals surface area contributed by atoms with Gasteiger partial charge in [-0.2, -0.15) is 0 Å². The fourth-order valence-corrected chi connectivity index (χ4v) is 1.94. The number of likely N-dealkylation sites (tertiary alicyclic amines) is 1. The predicted molar refractivity (Wildman–Crippen MR) is 60.0 cm³/mol. The summed E-state index contributed by atoms with van der Waals surface area (Å²) in [6.07, 6.45) is 1.00. The van der Waals surface area contributed by atoms with Crippen LogP contribution in [0.25, 0.3) is 0 Å². The number of carboxylic acids is 1. The second-order valence-corrected chi connectivity index (χ2v) is 4.70. The van der Waals surface area contributed by atoms with Crippen LogP contribution in [0.2, 0.25) is 0 Å². The van der Waals surface area contributed by atoms with Crippen molar-refractivity contribution in [2.24, 2.45) is 11.8 Å². The molecule has 0 bridgehead atoms. The van der Waals surface area contributed by atoms with Gasteiger partial charge in [-0.15, -0.1) is 0 Å². The first-order valence-corrected chi connectivity index (χ1v) is 5.67. The highest BCUT2D eigenvalue weighted by atomic mass is 16.4. The number of rotatable bonds is 5. The number of carboxylic acid groups (broad SMARTS) is 1. The fourth-order valence-electron chi connectivity index (χ4n) is 1.94. The largest absolute Gasteiger partial charge is 0.481 e. The Morgan fingerprint density at radius 1 is 1.56 bits per heavy atom. The summed E-state index contributed by atoms with van der Waals surface area (Å²) in [5.74, 6) is -0.702. The Morgan fingerprint density at radius 3 is 2.75 bits per heavy atom. The van der Waals surface area contributed by atoms with Crippen molar-refractivity contribution in [1.29, 1.82) is 0 Å². The predicted octanol–water partition coefficient (Wildman–Crippen LogP) is 0.165. The molecule has 0 saturated carbocycles. The average Bonchev–Trinajstić information content (AvgIpc) is 2.60. The highest BCUT2D eigenvalue weighted by Gasteiger charge is 2.26. The van der Waals surface area contributed by atoms with Gasteiger partial charge < -0.3 is 15.3 Å². The van der Waals surface area contributed by atoms with E-state index in [0.717, 1.165) is 19.5 Å². The van der Waals surface area contributed by atoms with E-state index in [4.69, 9.17) is 5.11 Å². The Balaban J connectivity index is 2.22. The average molecular weight is 228 g/mol. The van der Waals surface area contributed by atoms with Gasteiger partial charge in [0, 0.05) is 19.5 Å². The molecule has 0 radical (unpaired) electrons. The van der Waals surface area contributed by atoms with Crippen LogP contribution in [0, 0.1) is 11.8 Å². The highest BCUT2D eigenvalue weighted by molar-refractivity contribution is 5.79. The molecule has 2 atom stereocenters. The molecule has 0 aromatic heterocycles. The summed E-state index contributed by atoms with van der Waals surface area (Å²) in [7, 11) is 2.00. The highest BCUT2D eigenvalue weighted by Crippen LogP contribution is 2.14. The number of aliphatic carboxylic acids is 1. The minimum absolute atomic E-state index is 0.0133. The molecule has 5 nitrogen and oxygen atoms in total. The van der Waals surface area contributed by atoms with Gasteiger partial charge in [-0.1, -0.05) is 6.92 Å². The van der Waals surface area contributed by atoms with E-state index in [1.807, 2.05) is 14.0 Å². The van der Waals surface area contributed by atoms with Crippen molar-refractivity contribution < 1.29 is 14.7 Å². The number of nitrogens with one attached hydrogen (secondary N) is 1. The summed E-state index contributed by atoms with van der Waals surface area (Å²) in [6.45, 7) is 4.04. The molecular formula is C11H20N2O3. The summed E-state index contributed by atoms with van der Waals surface area (Å²) in [5, 5.41) is 11.4. The lowest BCUT2D eigenvalue weighted by atomic mass is 10.1. The van der Waals surface area contributed by atoms with Crippen molar-refractivity contribution in [2.75, 3.05) is 26.7 Å². The molecule has 0 aromatic carbocycles. The molecule has 92 valence electrons. The molecule has 0 spiro atoms. The molecule has 1 aliphatic rings. The molecule has 1 saturated heterocycles. The normalized spacial score (nSPS) is 23.0. The van der Waals surface area contributed by atoms with Crippen LogP contribution in [-0.4, -0.2) is 48.6 Å². The van der Waals surface area contributed by atoms with Gasteiger partial charge in [-0.25, -0.2) is 0 Å². The number of hydrogen-bond donors (Lipinski definition) is 2. The zero-order valence-electron chi connectivity index (χ0n) is 9.90. The van der Waals surface area contributed by atoms with Crippen LogP contribution >= 0.6 is 0 Å². The van der Waals surface area contributed by atoms with Gasteiger partial charge in [-0.3, -0.25) is 9.59 Å². The lowest BCUT2D eigenvalue weighted by Gasteiger charge is -2.14. The lowest BCUT2D eigenvalue weighted by molar-refractivity contribution is -0.138. The summed E-state index contributed by atoms with van der Waals surface area (Å²) in [5.41, 5.74) is 0. The summed E-state index contributed by atoms with van der Waals surface area (Å²) in [4.78, 5) is 24.3. The van der Waals surface area contributed by atoms with Gasteiger partial charge in [-0.05, 0) is 25.9 Å². The molecular weight excluding hydrogens is 208 g/mol. The summed E-state index contributed by atoms with van der Waals surface area (Å²) in [6, 6.07) is 0. The maximum Gasteiger partial charge on any atom is 0.303 e. The summed E-state index contributed by atoms with van der Waals surface area (Å²) < 4.78 is 0. The van der Waals surface area contributed by atoms with Crippen LogP contribution < -0.4 is 5.32 Å². The maximum atomic E-state index is 11.7. The van der Waals surface area contributed by atoms with Crippen LogP contribution in [0.4, 0.5) is 0 Å². The Kier molecular flexibility index (Phi) is 4.73. The molecule has 1 fully saturated rings. The molecule has 1 amide bonds. The van der Waals surface area contributed by atoms with E-state index in [1.165, 1.54) is 0 Å². The first-order valence-electron chi connectivity index (χ1n) is 5.67. The van der Waals surface area contributed by atoms with E-state index in [9.17, 15) is 9.59 Å². The van der Waals surface area contributed by atoms with E-state index < -0.39 is 5.97 Å². The molecule has 0 aromatic rings. The number of carbonyl (C=O) groups is 2. The third-order valence-electron chi connectivity index (χ3n) is 2.91. The van der Waals surface area contributed by atoms with Gasteiger partial charge in [0.1, 0.15) is 0 Å². The number of amides is 1. The lowest BCUT2D eigenvalue weighted by Crippen LogP contribution is -2.35. The van der Waals surface area contributed by atoms with Crippen molar-refractivity contribution in [3.8, 4) is 0 Å².